The summed E-state index contributed by atoms with van der Waals surface area (Å²) in [7, 11) is 1.45. The summed E-state index contributed by atoms with van der Waals surface area (Å²) in [6.45, 7) is 2.15. The Labute approximate surface area is 107 Å². The zero-order valence-corrected chi connectivity index (χ0v) is 10.9. The van der Waals surface area contributed by atoms with E-state index in [-0.39, 0.29) is 23.3 Å². The van der Waals surface area contributed by atoms with E-state index in [4.69, 9.17) is 4.74 Å². The standard InChI is InChI=1S/C15H19FO2/c1-10-6-7-13(17)12(8-10)9-11-4-3-5-14(18-2)15(11)16/h3-5,10,12H,6-9H2,1-2H3. The van der Waals surface area contributed by atoms with Gasteiger partial charge < -0.3 is 4.74 Å². The zero-order valence-electron chi connectivity index (χ0n) is 10.9. The van der Waals surface area contributed by atoms with Crippen molar-refractivity contribution in [1.82, 2.24) is 0 Å². The SMILES string of the molecule is COc1cccc(CC2CC(C)CCC2=O)c1F. The minimum Gasteiger partial charge on any atom is -0.494 e. The molecular formula is C15H19FO2. The van der Waals surface area contributed by atoms with Crippen molar-refractivity contribution < 1.29 is 13.9 Å². The van der Waals surface area contributed by atoms with Gasteiger partial charge in [0.25, 0.3) is 0 Å². The fraction of sp³-hybridized carbons (Fsp3) is 0.533. The largest absolute Gasteiger partial charge is 0.494 e. The lowest BCUT2D eigenvalue weighted by Crippen LogP contribution is -2.25. The smallest absolute Gasteiger partial charge is 0.168 e. The summed E-state index contributed by atoms with van der Waals surface area (Å²) in [5.74, 6) is 0.724. The molecule has 1 aromatic carbocycles. The van der Waals surface area contributed by atoms with Crippen LogP contribution in [0.3, 0.4) is 0 Å². The number of ketones is 1. The van der Waals surface area contributed by atoms with Crippen molar-refractivity contribution in [2.45, 2.75) is 32.6 Å². The molecule has 0 aromatic heterocycles. The van der Waals surface area contributed by atoms with Gasteiger partial charge in [-0.05, 0) is 36.8 Å². The molecule has 2 unspecified atom stereocenters. The van der Waals surface area contributed by atoms with E-state index in [1.165, 1.54) is 7.11 Å². The van der Waals surface area contributed by atoms with E-state index in [9.17, 15) is 9.18 Å². The Morgan fingerprint density at radius 3 is 2.94 bits per heavy atom. The highest BCUT2D eigenvalue weighted by atomic mass is 19.1. The number of methoxy groups -OCH3 is 1. The van der Waals surface area contributed by atoms with E-state index < -0.39 is 0 Å². The summed E-state index contributed by atoms with van der Waals surface area (Å²) in [5, 5.41) is 0. The highest BCUT2D eigenvalue weighted by Crippen LogP contribution is 2.30. The summed E-state index contributed by atoms with van der Waals surface area (Å²) < 4.78 is 19.0. The molecule has 3 heteroatoms. The van der Waals surface area contributed by atoms with Gasteiger partial charge in [-0.3, -0.25) is 4.79 Å². The van der Waals surface area contributed by atoms with Gasteiger partial charge in [0.2, 0.25) is 0 Å². The Bertz CT molecular complexity index is 442. The fourth-order valence-corrected chi connectivity index (χ4v) is 2.66. The number of rotatable bonds is 3. The maximum absolute atomic E-state index is 14.0. The molecule has 0 heterocycles. The van der Waals surface area contributed by atoms with Crippen LogP contribution in [-0.2, 0) is 11.2 Å². The number of hydrogen-bond acceptors (Lipinski definition) is 2. The molecule has 1 fully saturated rings. The molecule has 0 radical (unpaired) electrons. The molecule has 2 rings (SSSR count). The molecule has 0 N–H and O–H groups in total. The molecule has 1 aromatic rings. The highest BCUT2D eigenvalue weighted by Gasteiger charge is 2.27. The highest BCUT2D eigenvalue weighted by molar-refractivity contribution is 5.82. The van der Waals surface area contributed by atoms with Crippen LogP contribution in [0.1, 0.15) is 31.7 Å². The van der Waals surface area contributed by atoms with Gasteiger partial charge in [0.15, 0.2) is 11.6 Å². The third kappa shape index (κ3) is 2.71. The maximum atomic E-state index is 14.0. The van der Waals surface area contributed by atoms with Gasteiger partial charge in [0, 0.05) is 12.3 Å². The molecule has 2 nitrogen and oxygen atoms in total. The lowest BCUT2D eigenvalue weighted by molar-refractivity contribution is -0.125. The van der Waals surface area contributed by atoms with Crippen LogP contribution in [0.15, 0.2) is 18.2 Å². The molecule has 1 saturated carbocycles. The predicted molar refractivity (Wildman–Crippen MR) is 68.2 cm³/mol. The lowest BCUT2D eigenvalue weighted by Gasteiger charge is -2.25. The van der Waals surface area contributed by atoms with E-state index in [2.05, 4.69) is 6.92 Å². The predicted octanol–water partition coefficient (Wildman–Crippen LogP) is 3.38. The normalized spacial score (nSPS) is 24.1. The third-order valence-electron chi connectivity index (χ3n) is 3.76. The van der Waals surface area contributed by atoms with E-state index in [1.54, 1.807) is 18.2 Å². The summed E-state index contributed by atoms with van der Waals surface area (Å²) in [5.41, 5.74) is 0.585. The van der Waals surface area contributed by atoms with Gasteiger partial charge in [-0.1, -0.05) is 19.1 Å². The van der Waals surface area contributed by atoms with E-state index in [1.807, 2.05) is 0 Å². The second kappa shape index (κ2) is 5.51. The van der Waals surface area contributed by atoms with E-state index in [0.29, 0.717) is 24.3 Å². The van der Waals surface area contributed by atoms with Crippen molar-refractivity contribution in [3.8, 4) is 5.75 Å². The van der Waals surface area contributed by atoms with Crippen LogP contribution in [0.4, 0.5) is 4.39 Å². The van der Waals surface area contributed by atoms with Crippen LogP contribution in [0.5, 0.6) is 5.75 Å². The fourth-order valence-electron chi connectivity index (χ4n) is 2.66. The van der Waals surface area contributed by atoms with Crippen molar-refractivity contribution in [3.63, 3.8) is 0 Å². The Hall–Kier alpha value is -1.38. The first-order chi connectivity index (χ1) is 8.61. The third-order valence-corrected chi connectivity index (χ3v) is 3.76. The van der Waals surface area contributed by atoms with Gasteiger partial charge in [-0.2, -0.15) is 0 Å². The van der Waals surface area contributed by atoms with Crippen molar-refractivity contribution >= 4 is 5.78 Å². The molecule has 1 aliphatic rings. The summed E-state index contributed by atoms with van der Waals surface area (Å²) in [6, 6.07) is 5.11. The Morgan fingerprint density at radius 2 is 2.22 bits per heavy atom. The molecule has 0 amide bonds. The first kappa shape index (κ1) is 13.1. The second-order valence-electron chi connectivity index (χ2n) is 5.18. The van der Waals surface area contributed by atoms with Crippen molar-refractivity contribution in [2.24, 2.45) is 11.8 Å². The lowest BCUT2D eigenvalue weighted by atomic mass is 9.78. The molecule has 2 atom stereocenters. The average molecular weight is 250 g/mol. The number of Topliss-reactive ketones (excluding diaryl/α,β-unsaturated/α-hetero) is 1. The molecule has 1 aliphatic carbocycles. The Kier molecular flexibility index (Phi) is 4.00. The van der Waals surface area contributed by atoms with Gasteiger partial charge in [0.1, 0.15) is 5.78 Å². The second-order valence-corrected chi connectivity index (χ2v) is 5.18. The van der Waals surface area contributed by atoms with Crippen molar-refractivity contribution in [2.75, 3.05) is 7.11 Å². The zero-order chi connectivity index (χ0) is 13.1. The number of carbonyl (C=O) groups is 1. The maximum Gasteiger partial charge on any atom is 0.168 e. The summed E-state index contributed by atoms with van der Waals surface area (Å²) in [4.78, 5) is 11.9. The molecule has 0 saturated heterocycles. The van der Waals surface area contributed by atoms with Gasteiger partial charge in [-0.15, -0.1) is 0 Å². The van der Waals surface area contributed by atoms with E-state index in [0.717, 1.165) is 12.8 Å². The van der Waals surface area contributed by atoms with Gasteiger partial charge in [0.05, 0.1) is 7.11 Å². The van der Waals surface area contributed by atoms with Crippen LogP contribution in [0.2, 0.25) is 0 Å². The van der Waals surface area contributed by atoms with Crippen LogP contribution in [0.25, 0.3) is 0 Å². The summed E-state index contributed by atoms with van der Waals surface area (Å²) >= 11 is 0. The van der Waals surface area contributed by atoms with Crippen molar-refractivity contribution in [1.29, 1.82) is 0 Å². The number of benzene rings is 1. The Balaban J connectivity index is 2.15. The number of carbonyl (C=O) groups excluding carboxylic acids is 1. The topological polar surface area (TPSA) is 26.3 Å². The van der Waals surface area contributed by atoms with Gasteiger partial charge >= 0.3 is 0 Å². The monoisotopic (exact) mass is 250 g/mol. The molecule has 18 heavy (non-hydrogen) atoms. The first-order valence-corrected chi connectivity index (χ1v) is 6.46. The van der Waals surface area contributed by atoms with Gasteiger partial charge in [-0.25, -0.2) is 4.39 Å². The average Bonchev–Trinajstić information content (AvgIpc) is 2.36. The molecule has 0 aliphatic heterocycles. The number of hydrogen-bond donors (Lipinski definition) is 0. The molecule has 98 valence electrons. The van der Waals surface area contributed by atoms with Crippen LogP contribution in [0, 0.1) is 17.7 Å². The summed E-state index contributed by atoms with van der Waals surface area (Å²) in [6.07, 6.45) is 2.97. The number of halogens is 1. The van der Waals surface area contributed by atoms with Crippen LogP contribution in [-0.4, -0.2) is 12.9 Å². The molecular weight excluding hydrogens is 231 g/mol. The van der Waals surface area contributed by atoms with Crippen LogP contribution >= 0.6 is 0 Å². The molecule has 0 spiro atoms. The number of ether oxygens (including phenoxy) is 1. The first-order valence-electron chi connectivity index (χ1n) is 6.46. The Morgan fingerprint density at radius 1 is 1.44 bits per heavy atom. The van der Waals surface area contributed by atoms with Crippen LogP contribution < -0.4 is 4.74 Å². The van der Waals surface area contributed by atoms with E-state index >= 15 is 0 Å². The molecule has 0 bridgehead atoms. The minimum atomic E-state index is -0.328. The quantitative estimate of drug-likeness (QED) is 0.822. The minimum absolute atomic E-state index is 0.0321. The van der Waals surface area contributed by atoms with Crippen molar-refractivity contribution in [3.05, 3.63) is 29.6 Å².